The van der Waals surface area contributed by atoms with Gasteiger partial charge >= 0.3 is 5.97 Å². The van der Waals surface area contributed by atoms with Gasteiger partial charge in [-0.05, 0) is 42.5 Å². The first-order chi connectivity index (χ1) is 13.3. The molecule has 0 unspecified atom stereocenters. The third kappa shape index (κ3) is 5.66. The molecule has 2 aromatic rings. The Kier molecular flexibility index (Phi) is 6.86. The van der Waals surface area contributed by atoms with Crippen LogP contribution in [-0.2, 0) is 19.1 Å². The number of nitrogens with zero attached hydrogens (tertiary/aromatic N) is 1. The molecule has 2 N–H and O–H groups in total. The van der Waals surface area contributed by atoms with Gasteiger partial charge in [-0.25, -0.2) is 4.79 Å². The van der Waals surface area contributed by atoms with Crippen LogP contribution in [0.15, 0.2) is 48.5 Å². The first kappa shape index (κ1) is 20.6. The fourth-order valence-electron chi connectivity index (χ4n) is 2.50. The minimum Gasteiger partial charge on any atom is -0.465 e. The van der Waals surface area contributed by atoms with Gasteiger partial charge < -0.3 is 20.3 Å². The Bertz CT molecular complexity index is 893. The van der Waals surface area contributed by atoms with E-state index >= 15 is 0 Å². The Morgan fingerprint density at radius 2 is 1.54 bits per heavy atom. The van der Waals surface area contributed by atoms with Gasteiger partial charge in [0.15, 0.2) is 0 Å². The summed E-state index contributed by atoms with van der Waals surface area (Å²) < 4.78 is 4.64. The van der Waals surface area contributed by atoms with E-state index in [1.54, 1.807) is 36.4 Å². The van der Waals surface area contributed by atoms with E-state index in [4.69, 9.17) is 0 Å². The number of hydrogen-bond donors (Lipinski definition) is 2. The summed E-state index contributed by atoms with van der Waals surface area (Å²) in [5.74, 6) is -1.44. The lowest BCUT2D eigenvalue weighted by Crippen LogP contribution is -2.36. The molecular formula is C20H21N3O5. The van der Waals surface area contributed by atoms with Crippen LogP contribution in [0.3, 0.4) is 0 Å². The fourth-order valence-corrected chi connectivity index (χ4v) is 2.50. The summed E-state index contributed by atoms with van der Waals surface area (Å²) in [7, 11) is 1.28. The zero-order chi connectivity index (χ0) is 20.7. The summed E-state index contributed by atoms with van der Waals surface area (Å²) in [5, 5.41) is 5.32. The van der Waals surface area contributed by atoms with Crippen LogP contribution >= 0.6 is 0 Å². The zero-order valence-corrected chi connectivity index (χ0v) is 15.8. The Hall–Kier alpha value is -3.68. The maximum absolute atomic E-state index is 12.4. The fraction of sp³-hybridized carbons (Fsp3) is 0.200. The highest BCUT2D eigenvalue weighted by Gasteiger charge is 2.17. The molecule has 146 valence electrons. The zero-order valence-electron chi connectivity index (χ0n) is 15.8. The molecule has 0 spiro atoms. The third-order valence-corrected chi connectivity index (χ3v) is 3.75. The van der Waals surface area contributed by atoms with Gasteiger partial charge in [-0.2, -0.15) is 0 Å². The number of rotatable bonds is 6. The predicted molar refractivity (Wildman–Crippen MR) is 105 cm³/mol. The average Bonchev–Trinajstić information content (AvgIpc) is 2.65. The second kappa shape index (κ2) is 9.31. The lowest BCUT2D eigenvalue weighted by Gasteiger charge is -2.21. The minimum atomic E-state index is -0.488. The van der Waals surface area contributed by atoms with Crippen molar-refractivity contribution in [3.8, 4) is 0 Å². The number of methoxy groups -OCH3 is 1. The molecule has 0 saturated carbocycles. The van der Waals surface area contributed by atoms with Crippen LogP contribution in [0.1, 0.15) is 24.2 Å². The molecular weight excluding hydrogens is 362 g/mol. The largest absolute Gasteiger partial charge is 0.465 e. The second-order valence-corrected chi connectivity index (χ2v) is 5.95. The van der Waals surface area contributed by atoms with Crippen LogP contribution in [0.25, 0.3) is 0 Å². The van der Waals surface area contributed by atoms with Crippen molar-refractivity contribution in [1.29, 1.82) is 0 Å². The van der Waals surface area contributed by atoms with E-state index in [-0.39, 0.29) is 18.4 Å². The van der Waals surface area contributed by atoms with Crippen LogP contribution in [-0.4, -0.2) is 37.3 Å². The molecule has 0 heterocycles. The first-order valence-electron chi connectivity index (χ1n) is 8.44. The SMILES string of the molecule is COC(=O)c1ccc(N(CC(=O)Nc2cccc(NC(C)=O)c2)C(C)=O)cc1. The monoisotopic (exact) mass is 383 g/mol. The minimum absolute atomic E-state index is 0.211. The standard InChI is InChI=1S/C20H21N3O5/c1-13(24)21-16-5-4-6-17(11-16)22-19(26)12-23(14(2)25)18-9-7-15(8-10-18)20(27)28-3/h4-11H,12H2,1-3H3,(H,21,24)(H,22,26). The maximum atomic E-state index is 12.4. The number of benzene rings is 2. The quantitative estimate of drug-likeness (QED) is 0.746. The molecule has 0 aliphatic rings. The van der Waals surface area contributed by atoms with Crippen LogP contribution in [0, 0.1) is 0 Å². The van der Waals surface area contributed by atoms with Crippen LogP contribution in [0.4, 0.5) is 17.1 Å². The highest BCUT2D eigenvalue weighted by molar-refractivity contribution is 6.02. The van der Waals surface area contributed by atoms with E-state index in [1.807, 2.05) is 0 Å². The van der Waals surface area contributed by atoms with Gasteiger partial charge in [-0.3, -0.25) is 14.4 Å². The van der Waals surface area contributed by atoms with Gasteiger partial charge in [0.2, 0.25) is 17.7 Å². The van der Waals surface area contributed by atoms with E-state index in [1.165, 1.54) is 38.0 Å². The van der Waals surface area contributed by atoms with Gasteiger partial charge in [-0.1, -0.05) is 6.07 Å². The van der Waals surface area contributed by atoms with Crippen molar-refractivity contribution in [3.63, 3.8) is 0 Å². The van der Waals surface area contributed by atoms with Gasteiger partial charge in [0, 0.05) is 30.9 Å². The van der Waals surface area contributed by atoms with Crippen molar-refractivity contribution in [1.82, 2.24) is 0 Å². The molecule has 28 heavy (non-hydrogen) atoms. The summed E-state index contributed by atoms with van der Waals surface area (Å²) in [5.41, 5.74) is 1.85. The van der Waals surface area contributed by atoms with Crippen LogP contribution in [0.2, 0.25) is 0 Å². The van der Waals surface area contributed by atoms with Crippen LogP contribution < -0.4 is 15.5 Å². The molecule has 0 aliphatic heterocycles. The Labute approximate surface area is 162 Å². The molecule has 0 aromatic heterocycles. The van der Waals surface area contributed by atoms with E-state index in [0.29, 0.717) is 22.6 Å². The molecule has 2 aromatic carbocycles. The van der Waals surface area contributed by atoms with Crippen LogP contribution in [0.5, 0.6) is 0 Å². The van der Waals surface area contributed by atoms with Crippen molar-refractivity contribution in [3.05, 3.63) is 54.1 Å². The van der Waals surface area contributed by atoms with E-state index in [9.17, 15) is 19.2 Å². The maximum Gasteiger partial charge on any atom is 0.337 e. The Morgan fingerprint density at radius 1 is 0.929 bits per heavy atom. The summed E-state index contributed by atoms with van der Waals surface area (Å²) in [6, 6.07) is 12.8. The number of amides is 3. The predicted octanol–water partition coefficient (Wildman–Crippen LogP) is 2.42. The molecule has 2 rings (SSSR count). The van der Waals surface area contributed by atoms with Crippen molar-refractivity contribution in [2.75, 3.05) is 29.2 Å². The number of hydrogen-bond acceptors (Lipinski definition) is 5. The lowest BCUT2D eigenvalue weighted by molar-refractivity contribution is -0.120. The van der Waals surface area contributed by atoms with Crippen molar-refractivity contribution < 1.29 is 23.9 Å². The lowest BCUT2D eigenvalue weighted by atomic mass is 10.2. The summed E-state index contributed by atoms with van der Waals surface area (Å²) in [6.07, 6.45) is 0. The Balaban J connectivity index is 2.10. The van der Waals surface area contributed by atoms with Gasteiger partial charge in [-0.15, -0.1) is 0 Å². The highest BCUT2D eigenvalue weighted by Crippen LogP contribution is 2.18. The third-order valence-electron chi connectivity index (χ3n) is 3.75. The molecule has 3 amide bonds. The molecule has 0 saturated heterocycles. The first-order valence-corrected chi connectivity index (χ1v) is 8.44. The topological polar surface area (TPSA) is 105 Å². The van der Waals surface area contributed by atoms with Crippen molar-refractivity contribution in [2.45, 2.75) is 13.8 Å². The van der Waals surface area contributed by atoms with E-state index < -0.39 is 11.9 Å². The van der Waals surface area contributed by atoms with Gasteiger partial charge in [0.25, 0.3) is 0 Å². The molecule has 0 bridgehead atoms. The molecule has 0 atom stereocenters. The summed E-state index contributed by atoms with van der Waals surface area (Å²) in [6.45, 7) is 2.53. The number of carbonyl (C=O) groups excluding carboxylic acids is 4. The summed E-state index contributed by atoms with van der Waals surface area (Å²) in [4.78, 5) is 48.3. The Morgan fingerprint density at radius 3 is 2.07 bits per heavy atom. The molecule has 0 aliphatic carbocycles. The van der Waals surface area contributed by atoms with Gasteiger partial charge in [0.1, 0.15) is 6.54 Å². The van der Waals surface area contributed by atoms with Crippen molar-refractivity contribution >= 4 is 40.8 Å². The van der Waals surface area contributed by atoms with Crippen molar-refractivity contribution in [2.24, 2.45) is 0 Å². The number of ether oxygens (including phenoxy) is 1. The normalized spacial score (nSPS) is 9.96. The molecule has 0 radical (unpaired) electrons. The highest BCUT2D eigenvalue weighted by atomic mass is 16.5. The summed E-state index contributed by atoms with van der Waals surface area (Å²) >= 11 is 0. The number of carbonyl (C=O) groups is 4. The van der Waals surface area contributed by atoms with E-state index in [0.717, 1.165) is 0 Å². The number of anilines is 3. The van der Waals surface area contributed by atoms with E-state index in [2.05, 4.69) is 15.4 Å². The number of nitrogens with one attached hydrogen (secondary N) is 2. The molecule has 8 heteroatoms. The smallest absolute Gasteiger partial charge is 0.337 e. The average molecular weight is 383 g/mol. The molecule has 8 nitrogen and oxygen atoms in total. The van der Waals surface area contributed by atoms with Gasteiger partial charge in [0.05, 0.1) is 12.7 Å². The molecule has 0 fully saturated rings. The second-order valence-electron chi connectivity index (χ2n) is 5.95. The number of esters is 1.